The third-order valence-corrected chi connectivity index (χ3v) is 4.60. The van der Waals surface area contributed by atoms with E-state index >= 15 is 0 Å². The Bertz CT molecular complexity index is 827. The molecular weight excluding hydrogens is 344 g/mol. The van der Waals surface area contributed by atoms with Crippen LogP contribution in [0.1, 0.15) is 31.5 Å². The van der Waals surface area contributed by atoms with E-state index in [0.717, 1.165) is 40.5 Å². The third kappa shape index (κ3) is 4.93. The second-order valence-corrected chi connectivity index (χ2v) is 7.25. The van der Waals surface area contributed by atoms with Gasteiger partial charge in [-0.25, -0.2) is 0 Å². The highest BCUT2D eigenvalue weighted by atomic mass is 35.5. The molecule has 1 N–H and O–H groups in total. The molecule has 0 fully saturated rings. The average molecular weight is 369 g/mol. The molecule has 0 aliphatic carbocycles. The molecule has 0 amide bonds. The van der Waals surface area contributed by atoms with Crippen LogP contribution in [0.5, 0.6) is 0 Å². The van der Waals surface area contributed by atoms with Gasteiger partial charge >= 0.3 is 0 Å². The maximum Gasteiger partial charge on any atom is 0.117 e. The Labute approximate surface area is 160 Å². The number of halogens is 1. The molecule has 0 saturated heterocycles. The van der Waals surface area contributed by atoms with E-state index < -0.39 is 0 Å². The number of aromatic nitrogens is 3. The predicted octanol–water partition coefficient (Wildman–Crippen LogP) is 4.78. The van der Waals surface area contributed by atoms with Crippen molar-refractivity contribution in [3.63, 3.8) is 0 Å². The van der Waals surface area contributed by atoms with Gasteiger partial charge in [0, 0.05) is 17.1 Å². The monoisotopic (exact) mass is 368 g/mol. The smallest absolute Gasteiger partial charge is 0.117 e. The first-order chi connectivity index (χ1) is 12.6. The second-order valence-electron chi connectivity index (χ2n) is 6.84. The van der Waals surface area contributed by atoms with E-state index in [4.69, 9.17) is 21.8 Å². The first kappa shape index (κ1) is 18.6. The van der Waals surface area contributed by atoms with Crippen molar-refractivity contribution in [2.75, 3.05) is 6.54 Å². The van der Waals surface area contributed by atoms with Crippen molar-refractivity contribution in [1.82, 2.24) is 20.3 Å². The number of hydrogen-bond donors (Lipinski definition) is 1. The van der Waals surface area contributed by atoms with Crippen LogP contribution in [0.3, 0.4) is 0 Å². The van der Waals surface area contributed by atoms with Gasteiger partial charge in [0.1, 0.15) is 11.4 Å². The zero-order valence-corrected chi connectivity index (χ0v) is 16.1. The van der Waals surface area contributed by atoms with Gasteiger partial charge in [0.2, 0.25) is 0 Å². The summed E-state index contributed by atoms with van der Waals surface area (Å²) in [6.07, 6.45) is 1.15. The number of benzene rings is 2. The van der Waals surface area contributed by atoms with Gasteiger partial charge in [0.15, 0.2) is 0 Å². The van der Waals surface area contributed by atoms with Crippen molar-refractivity contribution in [2.45, 2.75) is 33.4 Å². The number of rotatable bonds is 8. The molecule has 0 unspecified atom stereocenters. The van der Waals surface area contributed by atoms with Crippen LogP contribution in [0.25, 0.3) is 11.3 Å². The molecule has 4 nitrogen and oxygen atoms in total. The van der Waals surface area contributed by atoms with Gasteiger partial charge in [-0.15, -0.1) is 0 Å². The quantitative estimate of drug-likeness (QED) is 0.582. The summed E-state index contributed by atoms with van der Waals surface area (Å²) in [6, 6.07) is 18.0. The second kappa shape index (κ2) is 8.97. The number of hydrogen-bond acceptors (Lipinski definition) is 3. The lowest BCUT2D eigenvalue weighted by atomic mass is 10.1. The molecule has 1 aromatic heterocycles. The normalized spacial score (nSPS) is 11.2. The first-order valence-electron chi connectivity index (χ1n) is 9.07. The van der Waals surface area contributed by atoms with Crippen molar-refractivity contribution < 1.29 is 0 Å². The molecular formula is C21H25ClN4. The van der Waals surface area contributed by atoms with Crippen LogP contribution in [-0.2, 0) is 13.1 Å². The Morgan fingerprint density at radius 1 is 1.00 bits per heavy atom. The molecule has 0 spiro atoms. The summed E-state index contributed by atoms with van der Waals surface area (Å²) in [5.41, 5.74) is 3.99. The maximum absolute atomic E-state index is 6.29. The van der Waals surface area contributed by atoms with Crippen LogP contribution < -0.4 is 5.32 Å². The van der Waals surface area contributed by atoms with Gasteiger partial charge in [-0.2, -0.15) is 15.0 Å². The summed E-state index contributed by atoms with van der Waals surface area (Å²) < 4.78 is 0. The van der Waals surface area contributed by atoms with Crippen LogP contribution in [0, 0.1) is 5.92 Å². The highest BCUT2D eigenvalue weighted by molar-refractivity contribution is 6.31. The molecule has 0 bridgehead atoms. The third-order valence-electron chi connectivity index (χ3n) is 4.23. The summed E-state index contributed by atoms with van der Waals surface area (Å²) >= 11 is 6.29. The van der Waals surface area contributed by atoms with Crippen LogP contribution in [0.2, 0.25) is 5.02 Å². The first-order valence-corrected chi connectivity index (χ1v) is 9.45. The van der Waals surface area contributed by atoms with E-state index in [1.807, 2.05) is 42.5 Å². The highest BCUT2D eigenvalue weighted by Gasteiger charge is 2.13. The van der Waals surface area contributed by atoms with Crippen molar-refractivity contribution in [1.29, 1.82) is 0 Å². The Hall–Kier alpha value is -2.17. The molecule has 2 aromatic carbocycles. The highest BCUT2D eigenvalue weighted by Crippen LogP contribution is 2.21. The summed E-state index contributed by atoms with van der Waals surface area (Å²) in [4.78, 5) is 1.74. The summed E-state index contributed by atoms with van der Waals surface area (Å²) in [7, 11) is 0. The molecule has 26 heavy (non-hydrogen) atoms. The van der Waals surface area contributed by atoms with Gasteiger partial charge in [-0.3, -0.25) is 0 Å². The van der Waals surface area contributed by atoms with Gasteiger partial charge < -0.3 is 5.32 Å². The van der Waals surface area contributed by atoms with Crippen LogP contribution in [0.15, 0.2) is 54.6 Å². The fourth-order valence-electron chi connectivity index (χ4n) is 2.77. The van der Waals surface area contributed by atoms with E-state index in [1.165, 1.54) is 0 Å². The van der Waals surface area contributed by atoms with E-state index in [1.54, 1.807) is 4.80 Å². The number of nitrogens with one attached hydrogen (secondary N) is 1. The minimum Gasteiger partial charge on any atom is -0.311 e. The standard InChI is InChI=1S/C21H25ClN4/c1-16(2)12-13-23-14-20-21(17-8-4-3-5-9-17)25-26(24-20)15-18-10-6-7-11-19(18)22/h3-11,16,23H,12-15H2,1-2H3. The van der Waals surface area contributed by atoms with Crippen molar-refractivity contribution in [3.8, 4) is 11.3 Å². The molecule has 0 atom stereocenters. The van der Waals surface area contributed by atoms with Gasteiger partial charge in [-0.1, -0.05) is 74.0 Å². The van der Waals surface area contributed by atoms with Gasteiger partial charge in [0.25, 0.3) is 0 Å². The van der Waals surface area contributed by atoms with Crippen LogP contribution in [-0.4, -0.2) is 21.5 Å². The Kier molecular flexibility index (Phi) is 6.42. The van der Waals surface area contributed by atoms with Crippen LogP contribution >= 0.6 is 11.6 Å². The topological polar surface area (TPSA) is 42.7 Å². The zero-order valence-electron chi connectivity index (χ0n) is 15.3. The fourth-order valence-corrected chi connectivity index (χ4v) is 2.96. The molecule has 5 heteroatoms. The van der Waals surface area contributed by atoms with Crippen LogP contribution in [0.4, 0.5) is 0 Å². The van der Waals surface area contributed by atoms with Crippen molar-refractivity contribution >= 4 is 11.6 Å². The SMILES string of the molecule is CC(C)CCNCc1nn(Cc2ccccc2Cl)nc1-c1ccccc1. The van der Waals surface area contributed by atoms with E-state index in [2.05, 4.69) is 31.3 Å². The molecule has 136 valence electrons. The molecule has 0 saturated carbocycles. The lowest BCUT2D eigenvalue weighted by Gasteiger charge is -2.06. The Morgan fingerprint density at radius 2 is 1.73 bits per heavy atom. The summed E-state index contributed by atoms with van der Waals surface area (Å²) in [5, 5.41) is 13.7. The molecule has 1 heterocycles. The minimum absolute atomic E-state index is 0.561. The zero-order chi connectivity index (χ0) is 18.4. The van der Waals surface area contributed by atoms with Gasteiger partial charge in [0.05, 0.1) is 6.54 Å². The molecule has 3 aromatic rings. The lowest BCUT2D eigenvalue weighted by Crippen LogP contribution is -2.17. The summed E-state index contributed by atoms with van der Waals surface area (Å²) in [6.45, 7) is 6.71. The largest absolute Gasteiger partial charge is 0.311 e. The maximum atomic E-state index is 6.29. The average Bonchev–Trinajstić information content (AvgIpc) is 3.04. The van der Waals surface area contributed by atoms with Gasteiger partial charge in [-0.05, 0) is 30.5 Å². The Morgan fingerprint density at radius 3 is 2.46 bits per heavy atom. The van der Waals surface area contributed by atoms with E-state index in [9.17, 15) is 0 Å². The molecule has 0 aliphatic heterocycles. The number of nitrogens with zero attached hydrogens (tertiary/aromatic N) is 3. The van der Waals surface area contributed by atoms with Crippen molar-refractivity contribution in [2.24, 2.45) is 5.92 Å². The minimum atomic E-state index is 0.561. The molecule has 3 rings (SSSR count). The summed E-state index contributed by atoms with van der Waals surface area (Å²) in [5.74, 6) is 0.687. The van der Waals surface area contributed by atoms with E-state index in [-0.39, 0.29) is 0 Å². The Balaban J connectivity index is 1.81. The predicted molar refractivity (Wildman–Crippen MR) is 107 cm³/mol. The van der Waals surface area contributed by atoms with E-state index in [0.29, 0.717) is 19.0 Å². The molecule has 0 aliphatic rings. The van der Waals surface area contributed by atoms with Crippen molar-refractivity contribution in [3.05, 3.63) is 70.9 Å². The molecule has 0 radical (unpaired) electrons. The fraction of sp³-hybridized carbons (Fsp3) is 0.333. The lowest BCUT2D eigenvalue weighted by molar-refractivity contribution is 0.529.